The van der Waals surface area contributed by atoms with Gasteiger partial charge in [0, 0.05) is 22.3 Å². The van der Waals surface area contributed by atoms with E-state index in [1.807, 2.05) is 0 Å². The fourth-order valence-electron chi connectivity index (χ4n) is 6.81. The highest BCUT2D eigenvalue weighted by atomic mass is 19.4. The fraction of sp³-hybridized carbons (Fsp3) is 0.200. The molecule has 294 valence electrons. The molecule has 0 saturated heterocycles. The van der Waals surface area contributed by atoms with Crippen LogP contribution in [0.2, 0.25) is 0 Å². The summed E-state index contributed by atoms with van der Waals surface area (Å²) in [5, 5.41) is 24.4. The summed E-state index contributed by atoms with van der Waals surface area (Å²) in [6, 6.07) is 16.2. The lowest BCUT2D eigenvalue weighted by Crippen LogP contribution is -2.17. The SMILES string of the molecule is COc1c(C(O)c2ccc(C(F)(F)F)cc2C(F)(F)F)cc2ccccc2c1-c1c(OC)c(C(O)c2ccc(C(F)(F)F)cc2C(F)(F)F)cc2ccccc12. The molecule has 0 fully saturated rings. The first kappa shape index (κ1) is 40.2. The Hall–Kier alpha value is -5.48. The van der Waals surface area contributed by atoms with E-state index in [2.05, 4.69) is 0 Å². The van der Waals surface area contributed by atoms with Crippen molar-refractivity contribution < 1.29 is 72.4 Å². The predicted molar refractivity (Wildman–Crippen MR) is 181 cm³/mol. The van der Waals surface area contributed by atoms with E-state index in [4.69, 9.17) is 9.47 Å². The lowest BCUT2D eigenvalue weighted by molar-refractivity contribution is -0.145. The Bertz CT molecular complexity index is 2280. The average Bonchev–Trinajstić information content (AvgIpc) is 3.13. The number of ether oxygens (including phenoxy) is 2. The van der Waals surface area contributed by atoms with Crippen molar-refractivity contribution in [2.75, 3.05) is 14.2 Å². The lowest BCUT2D eigenvalue weighted by Gasteiger charge is -2.26. The van der Waals surface area contributed by atoms with Crippen LogP contribution in [0.4, 0.5) is 52.7 Å². The van der Waals surface area contributed by atoms with Crippen molar-refractivity contribution in [3.63, 3.8) is 0 Å². The second kappa shape index (κ2) is 14.2. The van der Waals surface area contributed by atoms with Crippen molar-refractivity contribution >= 4 is 21.5 Å². The van der Waals surface area contributed by atoms with Crippen LogP contribution >= 0.6 is 0 Å². The normalized spacial score (nSPS) is 13.9. The molecule has 6 aromatic rings. The molecule has 0 saturated carbocycles. The first-order chi connectivity index (χ1) is 26.1. The highest BCUT2D eigenvalue weighted by Gasteiger charge is 2.42. The van der Waals surface area contributed by atoms with E-state index in [-0.39, 0.29) is 67.4 Å². The van der Waals surface area contributed by atoms with Crippen LogP contribution in [0.15, 0.2) is 97.1 Å². The molecule has 6 aromatic carbocycles. The molecule has 16 heteroatoms. The molecule has 0 spiro atoms. The Kier molecular flexibility index (Phi) is 10.2. The highest BCUT2D eigenvalue weighted by molar-refractivity contribution is 6.11. The van der Waals surface area contributed by atoms with E-state index < -0.39 is 70.3 Å². The van der Waals surface area contributed by atoms with Gasteiger partial charge in [-0.3, -0.25) is 0 Å². The van der Waals surface area contributed by atoms with E-state index in [0.29, 0.717) is 24.3 Å². The number of rotatable bonds is 7. The zero-order chi connectivity index (χ0) is 41.1. The van der Waals surface area contributed by atoms with E-state index in [1.54, 1.807) is 12.1 Å². The lowest BCUT2D eigenvalue weighted by atomic mass is 9.84. The summed E-state index contributed by atoms with van der Waals surface area (Å²) in [4.78, 5) is 0. The molecule has 4 nitrogen and oxygen atoms in total. The van der Waals surface area contributed by atoms with Gasteiger partial charge in [-0.2, -0.15) is 52.7 Å². The number of halogens is 12. The number of aliphatic hydroxyl groups excluding tert-OH is 2. The van der Waals surface area contributed by atoms with Gasteiger partial charge < -0.3 is 19.7 Å². The Balaban J connectivity index is 1.69. The molecule has 0 heterocycles. The number of fused-ring (bicyclic) bond motifs is 2. The molecule has 0 aliphatic carbocycles. The number of hydrogen-bond donors (Lipinski definition) is 2. The summed E-state index contributed by atoms with van der Waals surface area (Å²) in [5.41, 5.74) is -9.54. The van der Waals surface area contributed by atoms with Gasteiger partial charge in [0.2, 0.25) is 0 Å². The molecular weight excluding hydrogens is 772 g/mol. The first-order valence-corrected chi connectivity index (χ1v) is 16.2. The maximum Gasteiger partial charge on any atom is 0.416 e. The van der Waals surface area contributed by atoms with Crippen molar-refractivity contribution in [2.24, 2.45) is 0 Å². The number of hydrogen-bond acceptors (Lipinski definition) is 4. The first-order valence-electron chi connectivity index (χ1n) is 16.2. The van der Waals surface area contributed by atoms with Gasteiger partial charge in [-0.05, 0) is 69.1 Å². The molecule has 56 heavy (non-hydrogen) atoms. The van der Waals surface area contributed by atoms with Gasteiger partial charge in [0.25, 0.3) is 0 Å². The molecule has 0 amide bonds. The van der Waals surface area contributed by atoms with Gasteiger partial charge in [-0.15, -0.1) is 0 Å². The van der Waals surface area contributed by atoms with Gasteiger partial charge in [0.05, 0.1) is 36.5 Å². The van der Waals surface area contributed by atoms with Gasteiger partial charge in [-0.25, -0.2) is 0 Å². The average molecular weight is 799 g/mol. The van der Waals surface area contributed by atoms with Crippen LogP contribution in [0.1, 0.15) is 56.7 Å². The minimum absolute atomic E-state index is 0.0225. The second-order valence-electron chi connectivity index (χ2n) is 12.6. The topological polar surface area (TPSA) is 58.9 Å². The van der Waals surface area contributed by atoms with E-state index in [9.17, 15) is 62.9 Å². The molecule has 0 bridgehead atoms. The van der Waals surface area contributed by atoms with Crippen molar-refractivity contribution in [1.82, 2.24) is 0 Å². The maximum atomic E-state index is 14.3. The third kappa shape index (κ3) is 7.30. The summed E-state index contributed by atoms with van der Waals surface area (Å²) in [5.74, 6) is -0.658. The quantitative estimate of drug-likeness (QED) is 0.158. The summed E-state index contributed by atoms with van der Waals surface area (Å²) in [6.45, 7) is 0. The molecule has 2 N–H and O–H groups in total. The number of alkyl halides is 12. The Morgan fingerprint density at radius 3 is 1.07 bits per heavy atom. The van der Waals surface area contributed by atoms with Gasteiger partial charge in [0.15, 0.2) is 0 Å². The Labute approximate surface area is 309 Å². The molecule has 0 aliphatic rings. The van der Waals surface area contributed by atoms with Crippen LogP contribution < -0.4 is 9.47 Å². The van der Waals surface area contributed by atoms with Gasteiger partial charge in [-0.1, -0.05) is 60.7 Å². The molecule has 0 aliphatic heterocycles. The van der Waals surface area contributed by atoms with E-state index in [1.165, 1.54) is 48.5 Å². The van der Waals surface area contributed by atoms with Crippen LogP contribution in [0.3, 0.4) is 0 Å². The van der Waals surface area contributed by atoms with Crippen molar-refractivity contribution in [2.45, 2.75) is 36.9 Å². The number of methoxy groups -OCH3 is 2. The molecular formula is C40H26F12O4. The van der Waals surface area contributed by atoms with Crippen LogP contribution in [0.25, 0.3) is 32.7 Å². The third-order valence-electron chi connectivity index (χ3n) is 9.27. The van der Waals surface area contributed by atoms with E-state index in [0.717, 1.165) is 14.2 Å². The second-order valence-corrected chi connectivity index (χ2v) is 12.6. The van der Waals surface area contributed by atoms with Crippen molar-refractivity contribution in [1.29, 1.82) is 0 Å². The Morgan fingerprint density at radius 1 is 0.429 bits per heavy atom. The summed E-state index contributed by atoms with van der Waals surface area (Å²) >= 11 is 0. The Morgan fingerprint density at radius 2 is 0.768 bits per heavy atom. The zero-order valence-corrected chi connectivity index (χ0v) is 28.6. The summed E-state index contributed by atoms with van der Waals surface area (Å²) in [6.07, 6.45) is -25.7. The minimum Gasteiger partial charge on any atom is -0.496 e. The minimum atomic E-state index is -5.37. The monoisotopic (exact) mass is 798 g/mol. The predicted octanol–water partition coefficient (Wildman–Crippen LogP) is 11.9. The van der Waals surface area contributed by atoms with Crippen molar-refractivity contribution in [3.8, 4) is 22.6 Å². The third-order valence-corrected chi connectivity index (χ3v) is 9.27. The van der Waals surface area contributed by atoms with Gasteiger partial charge >= 0.3 is 24.7 Å². The van der Waals surface area contributed by atoms with E-state index >= 15 is 0 Å². The fourth-order valence-corrected chi connectivity index (χ4v) is 6.81. The molecule has 6 rings (SSSR count). The van der Waals surface area contributed by atoms with Crippen molar-refractivity contribution in [3.05, 3.63) is 142 Å². The molecule has 2 atom stereocenters. The van der Waals surface area contributed by atoms with Crippen LogP contribution in [-0.4, -0.2) is 24.4 Å². The van der Waals surface area contributed by atoms with Crippen LogP contribution in [-0.2, 0) is 24.7 Å². The number of aliphatic hydroxyl groups is 2. The molecule has 0 radical (unpaired) electrons. The highest BCUT2D eigenvalue weighted by Crippen LogP contribution is 2.53. The van der Waals surface area contributed by atoms with Gasteiger partial charge in [0.1, 0.15) is 23.7 Å². The zero-order valence-electron chi connectivity index (χ0n) is 28.6. The standard InChI is InChI=1S/C40H26F12O4/c1-55-35-27(33(53)25-13-11-21(37(41,42)43)17-29(25)39(47,48)49)15-19-7-3-5-9-23(19)31(35)32-24-10-6-4-8-20(24)16-28(36(32)56-2)34(54)26-14-12-22(38(44,45)46)18-30(26)40(50,51)52/h3-18,33-34,53-54H,1-2H3. The van der Waals surface area contributed by atoms with Crippen LogP contribution in [0, 0.1) is 0 Å². The summed E-state index contributed by atoms with van der Waals surface area (Å²) in [7, 11) is 2.18. The summed E-state index contributed by atoms with van der Waals surface area (Å²) < 4.78 is 178. The molecule has 0 aromatic heterocycles. The maximum absolute atomic E-state index is 14.3. The largest absolute Gasteiger partial charge is 0.496 e. The van der Waals surface area contributed by atoms with Crippen LogP contribution in [0.5, 0.6) is 11.5 Å². The number of benzene rings is 6. The smallest absolute Gasteiger partial charge is 0.416 e. The molecule has 2 unspecified atom stereocenters.